The monoisotopic (exact) mass is 974 g/mol. The number of aromatic nitrogens is 8. The topological polar surface area (TPSA) is 211 Å². The molecule has 1 unspecified atom stereocenters. The Balaban J connectivity index is 0.000000155. The van der Waals surface area contributed by atoms with Gasteiger partial charge in [0.15, 0.2) is 0 Å². The zero-order valence-corrected chi connectivity index (χ0v) is 41.4. The second kappa shape index (κ2) is 19.9. The van der Waals surface area contributed by atoms with Crippen LogP contribution in [-0.2, 0) is 23.6 Å². The average molecular weight is 975 g/mol. The molecule has 12 rings (SSSR count). The Morgan fingerprint density at radius 3 is 1.64 bits per heavy atom. The minimum atomic E-state index is -1.05. The van der Waals surface area contributed by atoms with Crippen LogP contribution in [0.4, 0.5) is 34.9 Å². The molecule has 6 N–H and O–H groups in total. The van der Waals surface area contributed by atoms with Gasteiger partial charge in [0, 0.05) is 65.6 Å². The molecule has 6 aromatic rings. The van der Waals surface area contributed by atoms with Gasteiger partial charge in [-0.15, -0.1) is 11.8 Å². The fraction of sp³-hybridized carbons (Fsp3) is 0.480. The molecule has 69 heavy (non-hydrogen) atoms. The number of nitrogens with one attached hydrogen (secondary N) is 4. The molecule has 0 bridgehead atoms. The van der Waals surface area contributed by atoms with Gasteiger partial charge in [-0.2, -0.15) is 9.97 Å². The summed E-state index contributed by atoms with van der Waals surface area (Å²) in [4.78, 5) is 30.3. The normalized spacial score (nSPS) is 19.4. The molecule has 2 aromatic carbocycles. The van der Waals surface area contributed by atoms with Crippen molar-refractivity contribution in [3.8, 4) is 22.9 Å². The van der Waals surface area contributed by atoms with E-state index in [4.69, 9.17) is 39.9 Å². The molecule has 2 spiro atoms. The van der Waals surface area contributed by atoms with Gasteiger partial charge in [0.05, 0.1) is 81.5 Å². The number of methoxy groups -OCH3 is 2. The number of ether oxygens (including phenoxy) is 2. The molecular weight excluding hydrogens is 913 g/mol. The van der Waals surface area contributed by atoms with Gasteiger partial charge in [0.2, 0.25) is 11.9 Å². The van der Waals surface area contributed by atoms with Gasteiger partial charge in [0.25, 0.3) is 0 Å². The third-order valence-electron chi connectivity index (χ3n) is 14.5. The van der Waals surface area contributed by atoms with Gasteiger partial charge >= 0.3 is 0 Å². The van der Waals surface area contributed by atoms with Crippen LogP contribution in [0.5, 0.6) is 11.5 Å². The van der Waals surface area contributed by atoms with E-state index in [1.807, 2.05) is 83.5 Å². The summed E-state index contributed by atoms with van der Waals surface area (Å²) in [6.45, 7) is 3.94. The molecule has 0 saturated heterocycles. The van der Waals surface area contributed by atoms with Crippen LogP contribution in [0.15, 0.2) is 71.2 Å². The molecule has 364 valence electrons. The maximum atomic E-state index is 13.5. The molecular formula is C50H62N12O5S2. The lowest BCUT2D eigenvalue weighted by Gasteiger charge is -2.36. The molecule has 0 amide bonds. The van der Waals surface area contributed by atoms with Crippen LogP contribution in [0.3, 0.4) is 0 Å². The van der Waals surface area contributed by atoms with Gasteiger partial charge in [-0.3, -0.25) is 14.7 Å². The Morgan fingerprint density at radius 1 is 0.667 bits per heavy atom. The summed E-state index contributed by atoms with van der Waals surface area (Å²) in [6, 6.07) is 12.9. The number of rotatable bonds is 12. The van der Waals surface area contributed by atoms with Crippen molar-refractivity contribution in [2.45, 2.75) is 148 Å². The number of nitrogens with zero attached hydrogens (tertiary/aromatic N) is 8. The molecule has 0 radical (unpaired) electrons. The van der Waals surface area contributed by atoms with Crippen LogP contribution in [0.2, 0.25) is 0 Å². The summed E-state index contributed by atoms with van der Waals surface area (Å²) in [5.74, 6) is 4.44. The number of benzene rings is 2. The van der Waals surface area contributed by atoms with Gasteiger partial charge < -0.3 is 39.9 Å². The molecule has 2 aliphatic heterocycles. The molecule has 6 aliphatic rings. The maximum absolute atomic E-state index is 13.5. The van der Waals surface area contributed by atoms with Crippen molar-refractivity contribution >= 4 is 57.5 Å². The van der Waals surface area contributed by atoms with E-state index in [0.29, 0.717) is 28.7 Å². The zero-order chi connectivity index (χ0) is 47.7. The van der Waals surface area contributed by atoms with Crippen molar-refractivity contribution in [3.63, 3.8) is 0 Å². The van der Waals surface area contributed by atoms with E-state index < -0.39 is 10.8 Å². The van der Waals surface area contributed by atoms with E-state index in [-0.39, 0.29) is 4.75 Å². The van der Waals surface area contributed by atoms with E-state index in [1.54, 1.807) is 26.9 Å². The number of hydrogen-bond donors (Lipinski definition) is 6. The van der Waals surface area contributed by atoms with Crippen LogP contribution in [0, 0.1) is 13.8 Å². The number of thioether (sulfide) groups is 1. The van der Waals surface area contributed by atoms with E-state index in [1.165, 1.54) is 68.4 Å². The van der Waals surface area contributed by atoms with Gasteiger partial charge in [-0.1, -0.05) is 38.5 Å². The van der Waals surface area contributed by atoms with Crippen molar-refractivity contribution in [1.29, 1.82) is 0 Å². The fourth-order valence-electron chi connectivity index (χ4n) is 10.6. The van der Waals surface area contributed by atoms with E-state index >= 15 is 0 Å². The highest BCUT2D eigenvalue weighted by Crippen LogP contribution is 2.57. The minimum Gasteiger partial charge on any atom is -0.494 e. The van der Waals surface area contributed by atoms with Crippen molar-refractivity contribution in [2.75, 3.05) is 35.5 Å². The summed E-state index contributed by atoms with van der Waals surface area (Å²) in [6.07, 6.45) is 26.2. The zero-order valence-electron chi connectivity index (χ0n) is 39.8. The lowest BCUT2D eigenvalue weighted by molar-refractivity contribution is -0.176. The van der Waals surface area contributed by atoms with Crippen LogP contribution >= 0.6 is 11.8 Å². The summed E-state index contributed by atoms with van der Waals surface area (Å²) in [5, 5.41) is 26.2. The van der Waals surface area contributed by atoms with Crippen LogP contribution < -0.4 is 30.7 Å². The SMILES string of the molecule is COc1cc(Nc2nc3c(c(NC4CCCC4)n2)S(=O)C2(CCC2)C3)ccc1-n1cnc(C)c1.COc1cc(Nc2nc3c(c(NC4CCCC4)n2)SC2(CCC2)C3)ccc1-n1cnc(C)c1.OO. The number of aryl methyl sites for hydroxylation is 2. The van der Waals surface area contributed by atoms with E-state index in [0.717, 1.165) is 113 Å². The van der Waals surface area contributed by atoms with Crippen molar-refractivity contribution in [2.24, 2.45) is 0 Å². The number of hydrogen-bond acceptors (Lipinski definition) is 16. The highest BCUT2D eigenvalue weighted by molar-refractivity contribution is 8.01. The third-order valence-corrected chi connectivity index (χ3v) is 18.3. The second-order valence-corrected chi connectivity index (χ2v) is 22.6. The molecule has 19 heteroatoms. The Hall–Kier alpha value is -5.76. The number of imidazole rings is 2. The fourth-order valence-corrected chi connectivity index (χ4v) is 14.1. The Morgan fingerprint density at radius 2 is 1.17 bits per heavy atom. The predicted octanol–water partition coefficient (Wildman–Crippen LogP) is 10.3. The molecule has 4 saturated carbocycles. The summed E-state index contributed by atoms with van der Waals surface area (Å²) in [7, 11) is 2.30. The predicted molar refractivity (Wildman–Crippen MR) is 270 cm³/mol. The van der Waals surface area contributed by atoms with Crippen LogP contribution in [0.1, 0.15) is 113 Å². The highest BCUT2D eigenvalue weighted by atomic mass is 32.2. The Labute approximate surface area is 409 Å². The first kappa shape index (κ1) is 46.9. The number of fused-ring (bicyclic) bond motifs is 2. The summed E-state index contributed by atoms with van der Waals surface area (Å²) in [5.41, 5.74) is 7.63. The quantitative estimate of drug-likeness (QED) is 0.0497. The largest absolute Gasteiger partial charge is 0.494 e. The van der Waals surface area contributed by atoms with Crippen molar-refractivity contribution < 1.29 is 24.2 Å². The van der Waals surface area contributed by atoms with Crippen LogP contribution in [-0.4, -0.2) is 89.6 Å². The first-order valence-electron chi connectivity index (χ1n) is 24.2. The summed E-state index contributed by atoms with van der Waals surface area (Å²) < 4.78 is 29.0. The van der Waals surface area contributed by atoms with Crippen molar-refractivity contribution in [3.05, 3.63) is 84.2 Å². The minimum absolute atomic E-state index is 0.129. The first-order valence-corrected chi connectivity index (χ1v) is 26.2. The van der Waals surface area contributed by atoms with E-state index in [2.05, 4.69) is 31.2 Å². The van der Waals surface area contributed by atoms with Gasteiger partial charge in [-0.25, -0.2) is 19.9 Å². The highest BCUT2D eigenvalue weighted by Gasteiger charge is 2.51. The molecule has 17 nitrogen and oxygen atoms in total. The lowest BCUT2D eigenvalue weighted by atomic mass is 9.81. The Bertz CT molecular complexity index is 2830. The standard InChI is InChI=1S/C25H30N6O2S.C25H30N6OS.H2O2/c1-16-14-31(15-26-16)20-9-8-18(12-21(20)33-2)28-24-29-19-13-25(10-5-11-25)34(32)22(19)23(30-24)27-17-6-3-4-7-17;1-16-14-31(15-26-16)20-9-8-18(12-21(20)32-2)28-24-29-19-13-25(10-5-11-25)33-22(19)23(30-24)27-17-6-3-4-7-17;1-2/h8-9,12,14-15,17H,3-7,10-11,13H2,1-2H3,(H2,27,28,29,30);8-9,12,14-15,17H,3-7,10-11,13H2,1-2H3,(H2,27,28,29,30);1-2H. The summed E-state index contributed by atoms with van der Waals surface area (Å²) >= 11 is 2.01. The van der Waals surface area contributed by atoms with Crippen molar-refractivity contribution in [1.82, 2.24) is 39.0 Å². The first-order chi connectivity index (χ1) is 33.6. The maximum Gasteiger partial charge on any atom is 0.229 e. The molecule has 6 heterocycles. The van der Waals surface area contributed by atoms with Gasteiger partial charge in [-0.05, 0) is 89.5 Å². The van der Waals surface area contributed by atoms with E-state index in [9.17, 15) is 4.21 Å². The van der Waals surface area contributed by atoms with Gasteiger partial charge in [0.1, 0.15) is 28.0 Å². The number of anilines is 6. The third kappa shape index (κ3) is 9.62. The molecule has 1 atom stereocenters. The molecule has 4 aromatic heterocycles. The molecule has 4 aliphatic carbocycles. The molecule has 4 fully saturated rings. The lowest BCUT2D eigenvalue weighted by Crippen LogP contribution is -2.39. The van der Waals surface area contributed by atoms with Crippen LogP contribution in [0.25, 0.3) is 11.4 Å². The Kier molecular flexibility index (Phi) is 13.6. The smallest absolute Gasteiger partial charge is 0.229 e. The second-order valence-electron chi connectivity index (χ2n) is 19.3. The average Bonchev–Trinajstić information content (AvgIpc) is 4.21.